The molecule has 1 unspecified atom stereocenters. The molecule has 4 saturated carbocycles. The van der Waals surface area contributed by atoms with E-state index in [1.165, 1.54) is 36.7 Å². The molecule has 1 aromatic rings. The Balaban J connectivity index is 1.31. The number of thiophene rings is 1. The van der Waals surface area contributed by atoms with E-state index in [1.807, 2.05) is 11.4 Å². The van der Waals surface area contributed by atoms with Crippen molar-refractivity contribution in [3.05, 3.63) is 28.0 Å². The van der Waals surface area contributed by atoms with Crippen LogP contribution in [-0.4, -0.2) is 28.8 Å². The van der Waals surface area contributed by atoms with E-state index in [0.717, 1.165) is 47.5 Å². The summed E-state index contributed by atoms with van der Waals surface area (Å²) in [6.45, 7) is 0.370. The Labute approximate surface area is 153 Å². The molecule has 5 rings (SSSR count). The molecule has 4 aliphatic carbocycles. The van der Waals surface area contributed by atoms with Crippen molar-refractivity contribution in [2.45, 2.75) is 51.2 Å². The smallest absolute Gasteiger partial charge is 0.244 e. The molecule has 3 N–H and O–H groups in total. The zero-order valence-corrected chi connectivity index (χ0v) is 15.3. The van der Waals surface area contributed by atoms with Crippen LogP contribution in [0, 0.1) is 23.2 Å². The summed E-state index contributed by atoms with van der Waals surface area (Å²) in [4.78, 5) is 13.0. The van der Waals surface area contributed by atoms with Gasteiger partial charge >= 0.3 is 0 Å². The number of aliphatic hydroxyl groups excluding tert-OH is 2. The molecule has 5 heteroatoms. The SMILES string of the molecule is O=C(/C=C/c1cc(CO)cs1)NCC(O)C12CC3CC(CC(C3)C1)C2. The van der Waals surface area contributed by atoms with E-state index in [2.05, 4.69) is 5.32 Å². The molecule has 0 aromatic carbocycles. The summed E-state index contributed by atoms with van der Waals surface area (Å²) in [6, 6.07) is 1.87. The number of nitrogens with one attached hydrogen (secondary N) is 1. The Morgan fingerprint density at radius 2 is 1.92 bits per heavy atom. The lowest BCUT2D eigenvalue weighted by Gasteiger charge is -2.58. The van der Waals surface area contributed by atoms with Crippen molar-refractivity contribution in [1.29, 1.82) is 0 Å². The van der Waals surface area contributed by atoms with Gasteiger partial charge in [-0.1, -0.05) is 0 Å². The summed E-state index contributed by atoms with van der Waals surface area (Å²) < 4.78 is 0. The van der Waals surface area contributed by atoms with Gasteiger partial charge in [-0.3, -0.25) is 4.79 Å². The predicted octanol–water partition coefficient (Wildman–Crippen LogP) is 2.95. The quantitative estimate of drug-likeness (QED) is 0.682. The Kier molecular flexibility index (Phi) is 4.73. The average molecular weight is 362 g/mol. The van der Waals surface area contributed by atoms with E-state index in [1.54, 1.807) is 6.08 Å². The molecule has 1 atom stereocenters. The van der Waals surface area contributed by atoms with Gasteiger partial charge in [-0.15, -0.1) is 11.3 Å². The van der Waals surface area contributed by atoms with Gasteiger partial charge < -0.3 is 15.5 Å². The Bertz CT molecular complexity index is 630. The van der Waals surface area contributed by atoms with E-state index < -0.39 is 6.10 Å². The van der Waals surface area contributed by atoms with E-state index in [9.17, 15) is 9.90 Å². The number of amides is 1. The highest BCUT2D eigenvalue weighted by atomic mass is 32.1. The van der Waals surface area contributed by atoms with Gasteiger partial charge in [0.15, 0.2) is 0 Å². The second-order valence-corrected chi connectivity index (χ2v) is 9.33. The van der Waals surface area contributed by atoms with Crippen molar-refractivity contribution < 1.29 is 15.0 Å². The summed E-state index contributed by atoms with van der Waals surface area (Å²) in [5, 5.41) is 24.6. The average Bonchev–Trinajstić information content (AvgIpc) is 3.04. The molecule has 1 aromatic heterocycles. The Hall–Kier alpha value is -1.17. The molecule has 4 aliphatic rings. The third-order valence-corrected chi connectivity index (χ3v) is 7.46. The second kappa shape index (κ2) is 6.86. The highest BCUT2D eigenvalue weighted by Gasteiger charge is 2.53. The minimum Gasteiger partial charge on any atom is -0.392 e. The molecule has 25 heavy (non-hydrogen) atoms. The first-order valence-corrected chi connectivity index (χ1v) is 10.3. The van der Waals surface area contributed by atoms with Gasteiger partial charge in [0.1, 0.15) is 0 Å². The predicted molar refractivity (Wildman–Crippen MR) is 98.9 cm³/mol. The molecular formula is C20H27NO3S. The molecule has 4 fully saturated rings. The fourth-order valence-corrected chi connectivity index (χ4v) is 6.58. The van der Waals surface area contributed by atoms with Crippen molar-refractivity contribution in [1.82, 2.24) is 5.32 Å². The number of carbonyl (C=O) groups excluding carboxylic acids is 1. The van der Waals surface area contributed by atoms with Gasteiger partial charge in [0.05, 0.1) is 12.7 Å². The fourth-order valence-electron chi connectivity index (χ4n) is 5.78. The van der Waals surface area contributed by atoms with Crippen molar-refractivity contribution in [3.63, 3.8) is 0 Å². The normalized spacial score (nSPS) is 34.6. The van der Waals surface area contributed by atoms with Crippen LogP contribution in [-0.2, 0) is 11.4 Å². The molecule has 0 radical (unpaired) electrons. The maximum Gasteiger partial charge on any atom is 0.244 e. The lowest BCUT2D eigenvalue weighted by molar-refractivity contribution is -0.126. The zero-order valence-electron chi connectivity index (χ0n) is 14.5. The topological polar surface area (TPSA) is 69.6 Å². The molecule has 0 aliphatic heterocycles. The van der Waals surface area contributed by atoms with Gasteiger partial charge in [-0.05, 0) is 84.8 Å². The van der Waals surface area contributed by atoms with E-state index in [4.69, 9.17) is 5.11 Å². The van der Waals surface area contributed by atoms with E-state index in [0.29, 0.717) is 6.54 Å². The maximum absolute atomic E-state index is 12.1. The number of carbonyl (C=O) groups is 1. The van der Waals surface area contributed by atoms with Crippen LogP contribution in [0.4, 0.5) is 0 Å². The largest absolute Gasteiger partial charge is 0.392 e. The van der Waals surface area contributed by atoms with Crippen molar-refractivity contribution >= 4 is 23.3 Å². The highest BCUT2D eigenvalue weighted by molar-refractivity contribution is 7.11. The Morgan fingerprint density at radius 1 is 1.28 bits per heavy atom. The van der Waals surface area contributed by atoms with Crippen molar-refractivity contribution in [2.75, 3.05) is 6.54 Å². The number of aliphatic hydroxyl groups is 2. The van der Waals surface area contributed by atoms with Crippen LogP contribution >= 0.6 is 11.3 Å². The lowest BCUT2D eigenvalue weighted by Crippen LogP contribution is -2.54. The van der Waals surface area contributed by atoms with Gasteiger partial charge in [0.2, 0.25) is 5.91 Å². The molecule has 1 heterocycles. The molecule has 136 valence electrons. The molecule has 0 spiro atoms. The Morgan fingerprint density at radius 3 is 2.48 bits per heavy atom. The van der Waals surface area contributed by atoms with Crippen LogP contribution in [0.5, 0.6) is 0 Å². The summed E-state index contributed by atoms with van der Waals surface area (Å²) in [7, 11) is 0. The first kappa shape index (κ1) is 17.3. The van der Waals surface area contributed by atoms with Crippen molar-refractivity contribution in [3.8, 4) is 0 Å². The van der Waals surface area contributed by atoms with E-state index >= 15 is 0 Å². The summed E-state index contributed by atoms with van der Waals surface area (Å²) in [6.07, 6.45) is 10.4. The second-order valence-electron chi connectivity index (χ2n) is 8.39. The summed E-state index contributed by atoms with van der Waals surface area (Å²) in [5.41, 5.74) is 0.914. The molecule has 4 bridgehead atoms. The van der Waals surface area contributed by atoms with Gasteiger partial charge in [-0.25, -0.2) is 0 Å². The van der Waals surface area contributed by atoms with Gasteiger partial charge in [-0.2, -0.15) is 0 Å². The van der Waals surface area contributed by atoms with E-state index in [-0.39, 0.29) is 17.9 Å². The third kappa shape index (κ3) is 3.55. The van der Waals surface area contributed by atoms with Crippen LogP contribution < -0.4 is 5.32 Å². The summed E-state index contributed by atoms with van der Waals surface area (Å²) >= 11 is 1.50. The molecule has 0 saturated heterocycles. The highest BCUT2D eigenvalue weighted by Crippen LogP contribution is 2.61. The van der Waals surface area contributed by atoms with Gasteiger partial charge in [0.25, 0.3) is 0 Å². The first-order valence-electron chi connectivity index (χ1n) is 9.38. The first-order chi connectivity index (χ1) is 12.1. The van der Waals surface area contributed by atoms with Crippen LogP contribution in [0.3, 0.4) is 0 Å². The number of rotatable bonds is 6. The lowest BCUT2D eigenvalue weighted by atomic mass is 9.48. The van der Waals surface area contributed by atoms with Crippen LogP contribution in [0.25, 0.3) is 6.08 Å². The number of hydrogen-bond acceptors (Lipinski definition) is 4. The standard InChI is InChI=1S/C20H27NO3S/c22-11-16-6-17(25-12-16)1-2-19(24)21-10-18(23)20-7-13-3-14(8-20)5-15(4-13)9-20/h1-2,6,12-15,18,22-23H,3-5,7-11H2,(H,21,24)/b2-1+. The fraction of sp³-hybridized carbons (Fsp3) is 0.650. The molecular weight excluding hydrogens is 334 g/mol. The van der Waals surface area contributed by atoms with Gasteiger partial charge in [0, 0.05) is 17.5 Å². The summed E-state index contributed by atoms with van der Waals surface area (Å²) in [5.74, 6) is 2.24. The third-order valence-electron chi connectivity index (χ3n) is 6.52. The van der Waals surface area contributed by atoms with Crippen LogP contribution in [0.15, 0.2) is 17.5 Å². The minimum atomic E-state index is -0.430. The number of hydrogen-bond donors (Lipinski definition) is 3. The maximum atomic E-state index is 12.1. The zero-order chi connectivity index (χ0) is 17.4. The molecule has 4 nitrogen and oxygen atoms in total. The van der Waals surface area contributed by atoms with Crippen LogP contribution in [0.2, 0.25) is 0 Å². The van der Waals surface area contributed by atoms with Crippen LogP contribution in [0.1, 0.15) is 49.0 Å². The molecule has 1 amide bonds. The monoisotopic (exact) mass is 361 g/mol. The minimum absolute atomic E-state index is 0.0216. The van der Waals surface area contributed by atoms with Crippen molar-refractivity contribution in [2.24, 2.45) is 23.2 Å².